The van der Waals surface area contributed by atoms with E-state index >= 15 is 0 Å². The standard InChI is InChI=1S/C9H4F17NO2S/c1-27-30(28,29)9(25,26)6(17,18)5(15,16)4(13,14)3(11,12)2(10,7(19,20)21)8(22,23)24/h27H,1H3. The van der Waals surface area contributed by atoms with Crippen molar-refractivity contribution in [3.05, 3.63) is 0 Å². The molecule has 30 heavy (non-hydrogen) atoms. The Morgan fingerprint density at radius 1 is 0.500 bits per heavy atom. The first-order valence-corrected chi connectivity index (χ1v) is 7.69. The van der Waals surface area contributed by atoms with Gasteiger partial charge in [-0.05, 0) is 7.05 Å². The van der Waals surface area contributed by atoms with Gasteiger partial charge in [-0.25, -0.2) is 17.5 Å². The molecule has 0 spiro atoms. The van der Waals surface area contributed by atoms with Gasteiger partial charge in [-0.15, -0.1) is 0 Å². The van der Waals surface area contributed by atoms with Gasteiger partial charge in [0.25, 0.3) is 10.0 Å². The molecule has 0 saturated carbocycles. The molecule has 3 nitrogen and oxygen atoms in total. The van der Waals surface area contributed by atoms with Crippen molar-refractivity contribution in [3.63, 3.8) is 0 Å². The monoisotopic (exact) mass is 513 g/mol. The minimum atomic E-state index is -8.93. The first-order valence-electron chi connectivity index (χ1n) is 6.20. The molecule has 0 radical (unpaired) electrons. The summed E-state index contributed by atoms with van der Waals surface area (Å²) in [6.07, 6.45) is -16.5. The highest BCUT2D eigenvalue weighted by Gasteiger charge is 2.97. The summed E-state index contributed by atoms with van der Waals surface area (Å²) >= 11 is 0. The Hall–Kier alpha value is -1.28. The Bertz CT molecular complexity index is 734. The maximum atomic E-state index is 13.3. The molecule has 0 aromatic carbocycles. The van der Waals surface area contributed by atoms with E-state index in [1.54, 1.807) is 0 Å². The van der Waals surface area contributed by atoms with Crippen LogP contribution in [0.25, 0.3) is 0 Å². The summed E-state index contributed by atoms with van der Waals surface area (Å²) < 4.78 is 240. The molecule has 0 aromatic heterocycles. The van der Waals surface area contributed by atoms with E-state index in [1.165, 1.54) is 0 Å². The fourth-order valence-electron chi connectivity index (χ4n) is 1.61. The molecule has 0 fully saturated rings. The van der Waals surface area contributed by atoms with Gasteiger partial charge < -0.3 is 0 Å². The summed E-state index contributed by atoms with van der Waals surface area (Å²) in [4.78, 5) is 0. The first-order chi connectivity index (χ1) is 12.6. The third-order valence-corrected chi connectivity index (χ3v) is 4.84. The van der Waals surface area contributed by atoms with E-state index in [1.807, 2.05) is 0 Å². The lowest BCUT2D eigenvalue weighted by Crippen LogP contribution is -2.77. The number of hydrogen-bond donors (Lipinski definition) is 1. The van der Waals surface area contributed by atoms with Crippen LogP contribution in [0.4, 0.5) is 74.6 Å². The molecular weight excluding hydrogens is 509 g/mol. The van der Waals surface area contributed by atoms with Crippen molar-refractivity contribution in [3.8, 4) is 0 Å². The van der Waals surface area contributed by atoms with Crippen molar-refractivity contribution >= 4 is 10.0 Å². The van der Waals surface area contributed by atoms with Crippen LogP contribution < -0.4 is 4.72 Å². The van der Waals surface area contributed by atoms with Gasteiger partial charge in [0.2, 0.25) is 0 Å². The highest BCUT2D eigenvalue weighted by molar-refractivity contribution is 7.90. The number of alkyl halides is 17. The molecular formula is C9H4F17NO2S. The van der Waals surface area contributed by atoms with Crippen LogP contribution in [0.3, 0.4) is 0 Å². The summed E-state index contributed by atoms with van der Waals surface area (Å²) in [6.45, 7) is 0. The van der Waals surface area contributed by atoms with Crippen molar-refractivity contribution in [1.82, 2.24) is 4.72 Å². The molecule has 0 aromatic rings. The largest absolute Gasteiger partial charge is 0.438 e. The van der Waals surface area contributed by atoms with Crippen molar-refractivity contribution in [2.45, 2.75) is 47.0 Å². The molecule has 0 heterocycles. The van der Waals surface area contributed by atoms with Gasteiger partial charge in [-0.1, -0.05) is 0 Å². The van der Waals surface area contributed by atoms with E-state index in [-0.39, 0.29) is 11.8 Å². The van der Waals surface area contributed by atoms with Crippen LogP contribution in [0.15, 0.2) is 0 Å². The lowest BCUT2D eigenvalue weighted by atomic mass is 9.86. The molecule has 0 aliphatic rings. The van der Waals surface area contributed by atoms with Crippen molar-refractivity contribution in [2.24, 2.45) is 0 Å². The second-order valence-electron chi connectivity index (χ2n) is 5.18. The van der Waals surface area contributed by atoms with Crippen LogP contribution in [-0.4, -0.2) is 62.4 Å². The topological polar surface area (TPSA) is 46.2 Å². The second kappa shape index (κ2) is 6.86. The van der Waals surface area contributed by atoms with Gasteiger partial charge in [0.1, 0.15) is 0 Å². The van der Waals surface area contributed by atoms with E-state index < -0.39 is 57.0 Å². The normalized spacial score (nSPS) is 16.7. The van der Waals surface area contributed by atoms with E-state index in [4.69, 9.17) is 0 Å². The number of nitrogens with one attached hydrogen (secondary N) is 1. The lowest BCUT2D eigenvalue weighted by molar-refractivity contribution is -0.462. The van der Waals surface area contributed by atoms with Gasteiger partial charge in [0.05, 0.1) is 0 Å². The third kappa shape index (κ3) is 3.25. The molecule has 0 aliphatic heterocycles. The maximum absolute atomic E-state index is 13.3. The molecule has 1 N–H and O–H groups in total. The molecule has 0 rings (SSSR count). The minimum absolute atomic E-state index is 0.171. The number of hydrogen-bond acceptors (Lipinski definition) is 2. The van der Waals surface area contributed by atoms with Gasteiger partial charge in [0.15, 0.2) is 0 Å². The lowest BCUT2D eigenvalue weighted by Gasteiger charge is -2.43. The minimum Gasteiger partial charge on any atom is -0.216 e. The second-order valence-corrected chi connectivity index (χ2v) is 7.10. The van der Waals surface area contributed by atoms with E-state index in [9.17, 15) is 83.1 Å². The Balaban J connectivity index is 7.14. The van der Waals surface area contributed by atoms with Crippen molar-refractivity contribution < 1.29 is 83.1 Å². The quantitative estimate of drug-likeness (QED) is 0.510. The molecule has 0 unspecified atom stereocenters. The molecule has 0 bridgehead atoms. The molecule has 21 heteroatoms. The number of sulfonamides is 1. The molecule has 0 amide bonds. The van der Waals surface area contributed by atoms with Crippen molar-refractivity contribution in [2.75, 3.05) is 7.05 Å². The van der Waals surface area contributed by atoms with E-state index in [2.05, 4.69) is 0 Å². The van der Waals surface area contributed by atoms with Gasteiger partial charge in [-0.2, -0.15) is 70.2 Å². The van der Waals surface area contributed by atoms with Crippen LogP contribution in [0.5, 0.6) is 0 Å². The summed E-state index contributed by atoms with van der Waals surface area (Å²) in [7, 11) is -7.40. The highest BCUT2D eigenvalue weighted by atomic mass is 32.2. The molecule has 0 aliphatic carbocycles. The van der Waals surface area contributed by atoms with Crippen LogP contribution in [0.2, 0.25) is 0 Å². The van der Waals surface area contributed by atoms with E-state index in [0.717, 1.165) is 0 Å². The molecule has 0 atom stereocenters. The average Bonchev–Trinajstić information content (AvgIpc) is 2.50. The van der Waals surface area contributed by atoms with Crippen LogP contribution in [-0.2, 0) is 10.0 Å². The smallest absolute Gasteiger partial charge is 0.216 e. The van der Waals surface area contributed by atoms with Gasteiger partial charge >= 0.3 is 47.0 Å². The maximum Gasteiger partial charge on any atom is 0.438 e. The molecule has 182 valence electrons. The van der Waals surface area contributed by atoms with E-state index in [0.29, 0.717) is 0 Å². The van der Waals surface area contributed by atoms with Crippen molar-refractivity contribution in [1.29, 1.82) is 0 Å². The summed E-state index contributed by atoms with van der Waals surface area (Å²) in [5.74, 6) is -34.9. The number of halogens is 17. The first kappa shape index (κ1) is 28.7. The highest BCUT2D eigenvalue weighted by Crippen LogP contribution is 2.65. The number of rotatable bonds is 7. The fraction of sp³-hybridized carbons (Fsp3) is 1.00. The summed E-state index contributed by atoms with van der Waals surface area (Å²) in [6, 6.07) is 0. The fourth-order valence-corrected chi connectivity index (χ4v) is 2.33. The zero-order valence-corrected chi connectivity index (χ0v) is 14.0. The van der Waals surface area contributed by atoms with Crippen LogP contribution in [0, 0.1) is 0 Å². The predicted molar refractivity (Wildman–Crippen MR) is 58.7 cm³/mol. The molecule has 0 saturated heterocycles. The van der Waals surface area contributed by atoms with Crippen LogP contribution in [0.1, 0.15) is 0 Å². The zero-order chi connectivity index (χ0) is 25.2. The van der Waals surface area contributed by atoms with Crippen LogP contribution >= 0.6 is 0 Å². The Morgan fingerprint density at radius 2 is 0.767 bits per heavy atom. The van der Waals surface area contributed by atoms with Gasteiger partial charge in [0, 0.05) is 0 Å². The third-order valence-electron chi connectivity index (χ3n) is 3.37. The van der Waals surface area contributed by atoms with Gasteiger partial charge in [-0.3, -0.25) is 0 Å². The Labute approximate surface area is 153 Å². The SMILES string of the molecule is CNS(=O)(=O)C(F)(F)C(F)(F)C(F)(F)C(F)(F)C(F)(F)C(F)(C(F)(F)F)C(F)(F)F. The zero-order valence-electron chi connectivity index (χ0n) is 13.2. The summed E-state index contributed by atoms with van der Waals surface area (Å²) in [5, 5.41) is -7.53. The Kier molecular flexibility index (Phi) is 6.57. The summed E-state index contributed by atoms with van der Waals surface area (Å²) in [5.41, 5.74) is -8.67. The average molecular weight is 513 g/mol. The Morgan fingerprint density at radius 3 is 1.00 bits per heavy atom. The predicted octanol–water partition coefficient (Wildman–Crippen LogP) is 4.50.